The van der Waals surface area contributed by atoms with Crippen molar-refractivity contribution in [2.45, 2.75) is 104 Å². The fourth-order valence-electron chi connectivity index (χ4n) is 4.22. The number of para-hydroxylation sites is 1. The number of carbonyl (C=O) groups is 3. The Hall–Kier alpha value is -2.63. The van der Waals surface area contributed by atoms with Crippen molar-refractivity contribution in [1.82, 2.24) is 4.57 Å². The summed E-state index contributed by atoms with van der Waals surface area (Å²) < 4.78 is 1.25. The van der Waals surface area contributed by atoms with Crippen LogP contribution in [0.3, 0.4) is 0 Å². The summed E-state index contributed by atoms with van der Waals surface area (Å²) in [4.78, 5) is 45.2. The third-order valence-electron chi connectivity index (χ3n) is 6.15. The molecule has 1 aromatic heterocycles. The lowest BCUT2D eigenvalue weighted by atomic mass is 10.0. The standard InChI is InChI=1S/C27H39NO5/c1-3-4-5-6-7-8-9-10-11-12-13-14-15-20-26(30)32-33-27(31)28-22(2)24(21-29)23-18-16-17-19-25(23)28/h16-19,21H,3-15,20H2,1-2H3. The van der Waals surface area contributed by atoms with Gasteiger partial charge >= 0.3 is 12.1 Å². The summed E-state index contributed by atoms with van der Waals surface area (Å²) in [5.74, 6) is -0.559. The molecule has 6 heteroatoms. The molecule has 0 aliphatic rings. The molecule has 0 bridgehead atoms. The Kier molecular flexibility index (Phi) is 12.3. The molecule has 1 aromatic carbocycles. The molecule has 0 unspecified atom stereocenters. The maximum Gasteiger partial charge on any atom is 0.461 e. The van der Waals surface area contributed by atoms with E-state index < -0.39 is 12.1 Å². The number of aldehydes is 1. The van der Waals surface area contributed by atoms with E-state index in [1.54, 1.807) is 31.2 Å². The monoisotopic (exact) mass is 457 g/mol. The Balaban J connectivity index is 1.57. The molecule has 0 atom stereocenters. The van der Waals surface area contributed by atoms with E-state index in [4.69, 9.17) is 9.78 Å². The summed E-state index contributed by atoms with van der Waals surface area (Å²) in [6.07, 6.45) is 16.1. The lowest BCUT2D eigenvalue weighted by Gasteiger charge is -2.07. The number of nitrogens with zero attached hydrogens (tertiary/aromatic N) is 1. The summed E-state index contributed by atoms with van der Waals surface area (Å²) in [6.45, 7) is 3.90. The Labute approximate surface area is 197 Å². The molecule has 0 N–H and O–H groups in total. The van der Waals surface area contributed by atoms with Crippen LogP contribution in [0, 0.1) is 6.92 Å². The molecule has 0 radical (unpaired) electrons. The van der Waals surface area contributed by atoms with E-state index in [0.717, 1.165) is 12.8 Å². The lowest BCUT2D eigenvalue weighted by Crippen LogP contribution is -2.18. The molecule has 1 heterocycles. The number of hydrogen-bond donors (Lipinski definition) is 0. The smallest absolute Gasteiger partial charge is 0.298 e. The normalized spacial score (nSPS) is 11.0. The zero-order chi connectivity index (χ0) is 23.9. The van der Waals surface area contributed by atoms with Crippen molar-refractivity contribution in [1.29, 1.82) is 0 Å². The van der Waals surface area contributed by atoms with Gasteiger partial charge in [0, 0.05) is 16.6 Å². The van der Waals surface area contributed by atoms with Crippen LogP contribution in [0.15, 0.2) is 24.3 Å². The number of carbonyl (C=O) groups excluding carboxylic acids is 3. The third kappa shape index (κ3) is 8.67. The first-order valence-electron chi connectivity index (χ1n) is 12.6. The van der Waals surface area contributed by atoms with Gasteiger partial charge in [0.05, 0.1) is 11.9 Å². The quantitative estimate of drug-likeness (QED) is 0.119. The minimum Gasteiger partial charge on any atom is -0.298 e. The van der Waals surface area contributed by atoms with Crippen LogP contribution in [-0.2, 0) is 14.6 Å². The summed E-state index contributed by atoms with van der Waals surface area (Å²) >= 11 is 0. The predicted molar refractivity (Wildman–Crippen MR) is 130 cm³/mol. The second kappa shape index (κ2) is 15.3. The molecule has 0 fully saturated rings. The van der Waals surface area contributed by atoms with Gasteiger partial charge in [0.1, 0.15) is 0 Å². The Bertz CT molecular complexity index is 886. The summed E-state index contributed by atoms with van der Waals surface area (Å²) in [7, 11) is 0. The number of hydrogen-bond acceptors (Lipinski definition) is 5. The van der Waals surface area contributed by atoms with E-state index in [0.29, 0.717) is 34.9 Å². The molecule has 6 nitrogen and oxygen atoms in total. The van der Waals surface area contributed by atoms with Crippen molar-refractivity contribution in [2.75, 3.05) is 0 Å². The van der Waals surface area contributed by atoms with Gasteiger partial charge < -0.3 is 0 Å². The van der Waals surface area contributed by atoms with Crippen LogP contribution in [-0.4, -0.2) is 22.9 Å². The van der Waals surface area contributed by atoms with Gasteiger partial charge in [-0.2, -0.15) is 0 Å². The number of aromatic nitrogens is 1. The second-order valence-electron chi connectivity index (χ2n) is 8.77. The molecule has 2 aromatic rings. The van der Waals surface area contributed by atoms with Gasteiger partial charge in [0.15, 0.2) is 6.29 Å². The van der Waals surface area contributed by atoms with E-state index >= 15 is 0 Å². The van der Waals surface area contributed by atoms with E-state index in [9.17, 15) is 14.4 Å². The first-order valence-corrected chi connectivity index (χ1v) is 12.6. The maximum absolute atomic E-state index is 12.4. The van der Waals surface area contributed by atoms with Gasteiger partial charge in [-0.1, -0.05) is 102 Å². The number of benzene rings is 1. The van der Waals surface area contributed by atoms with Crippen LogP contribution in [0.25, 0.3) is 10.9 Å². The minimum atomic E-state index is -0.837. The molecule has 33 heavy (non-hydrogen) atoms. The van der Waals surface area contributed by atoms with Gasteiger partial charge in [0.2, 0.25) is 0 Å². The Morgan fingerprint density at radius 2 is 1.36 bits per heavy atom. The van der Waals surface area contributed by atoms with Crippen LogP contribution in [0.1, 0.15) is 113 Å². The third-order valence-corrected chi connectivity index (χ3v) is 6.15. The first kappa shape index (κ1) is 26.6. The van der Waals surface area contributed by atoms with Gasteiger partial charge in [-0.05, 0) is 19.4 Å². The van der Waals surface area contributed by atoms with Crippen molar-refractivity contribution in [3.05, 3.63) is 35.5 Å². The minimum absolute atomic E-state index is 0.218. The molecule has 182 valence electrons. The summed E-state index contributed by atoms with van der Waals surface area (Å²) in [5, 5.41) is 0.653. The van der Waals surface area contributed by atoms with Crippen LogP contribution in [0.4, 0.5) is 4.79 Å². The molecular weight excluding hydrogens is 418 g/mol. The van der Waals surface area contributed by atoms with E-state index in [-0.39, 0.29) is 6.42 Å². The summed E-state index contributed by atoms with van der Waals surface area (Å²) in [5.41, 5.74) is 1.40. The van der Waals surface area contributed by atoms with E-state index in [1.165, 1.54) is 68.8 Å². The molecule has 0 aliphatic carbocycles. The van der Waals surface area contributed by atoms with Crippen LogP contribution in [0.5, 0.6) is 0 Å². The first-order chi connectivity index (χ1) is 16.1. The fourth-order valence-corrected chi connectivity index (χ4v) is 4.22. The van der Waals surface area contributed by atoms with Crippen molar-refractivity contribution >= 4 is 29.3 Å². The number of fused-ring (bicyclic) bond motifs is 1. The SMILES string of the molecule is CCCCCCCCCCCCCCCC(=O)OOC(=O)n1c(C)c(C=O)c2ccccc21. The molecule has 0 saturated heterocycles. The highest BCUT2D eigenvalue weighted by Gasteiger charge is 2.20. The maximum atomic E-state index is 12.4. The Morgan fingerprint density at radius 1 is 0.818 bits per heavy atom. The molecule has 0 saturated carbocycles. The van der Waals surface area contributed by atoms with Crippen LogP contribution < -0.4 is 0 Å². The summed E-state index contributed by atoms with van der Waals surface area (Å²) in [6, 6.07) is 7.03. The second-order valence-corrected chi connectivity index (χ2v) is 8.77. The predicted octanol–water partition coefficient (Wildman–Crippen LogP) is 7.69. The van der Waals surface area contributed by atoms with Gasteiger partial charge in [-0.25, -0.2) is 23.9 Å². The molecule has 0 aliphatic heterocycles. The van der Waals surface area contributed by atoms with Crippen molar-refractivity contribution in [2.24, 2.45) is 0 Å². The highest BCUT2D eigenvalue weighted by Crippen LogP contribution is 2.24. The van der Waals surface area contributed by atoms with Crippen molar-refractivity contribution < 1.29 is 24.2 Å². The van der Waals surface area contributed by atoms with Gasteiger partial charge in [-0.15, -0.1) is 0 Å². The molecule has 0 spiro atoms. The topological polar surface area (TPSA) is 74.6 Å². The number of unbranched alkanes of at least 4 members (excludes halogenated alkanes) is 12. The average molecular weight is 458 g/mol. The zero-order valence-electron chi connectivity index (χ0n) is 20.3. The van der Waals surface area contributed by atoms with Crippen LogP contribution in [0.2, 0.25) is 0 Å². The van der Waals surface area contributed by atoms with Gasteiger partial charge in [0.25, 0.3) is 0 Å². The fraction of sp³-hybridized carbons (Fsp3) is 0.593. The zero-order valence-corrected chi connectivity index (χ0v) is 20.3. The molecular formula is C27H39NO5. The van der Waals surface area contributed by atoms with Crippen LogP contribution >= 0.6 is 0 Å². The molecule has 2 rings (SSSR count). The van der Waals surface area contributed by atoms with Crippen molar-refractivity contribution in [3.8, 4) is 0 Å². The average Bonchev–Trinajstić information content (AvgIpc) is 3.11. The van der Waals surface area contributed by atoms with Crippen molar-refractivity contribution in [3.63, 3.8) is 0 Å². The number of rotatable bonds is 15. The highest BCUT2D eigenvalue weighted by atomic mass is 17.2. The van der Waals surface area contributed by atoms with Gasteiger partial charge in [-0.3, -0.25) is 4.79 Å². The Morgan fingerprint density at radius 3 is 1.94 bits per heavy atom. The highest BCUT2D eigenvalue weighted by molar-refractivity contribution is 6.03. The molecule has 0 amide bonds. The van der Waals surface area contributed by atoms with E-state index in [1.807, 2.05) is 0 Å². The lowest BCUT2D eigenvalue weighted by molar-refractivity contribution is -0.232. The largest absolute Gasteiger partial charge is 0.461 e. The van der Waals surface area contributed by atoms with E-state index in [2.05, 4.69) is 6.92 Å².